The molecule has 5 heteroatoms. The van der Waals surface area contributed by atoms with Crippen LogP contribution in [0.1, 0.15) is 11.1 Å². The highest BCUT2D eigenvalue weighted by molar-refractivity contribution is 5.44. The van der Waals surface area contributed by atoms with E-state index in [4.69, 9.17) is 4.74 Å². The maximum absolute atomic E-state index is 10.9. The number of nitro groups is 1. The summed E-state index contributed by atoms with van der Waals surface area (Å²) in [6.45, 7) is 1.96. The molecule has 1 heterocycles. The Bertz CT molecular complexity index is 555. The molecule has 0 saturated carbocycles. The second-order valence-corrected chi connectivity index (χ2v) is 3.79. The number of nitrogens with zero attached hydrogens (tertiary/aromatic N) is 2. The van der Waals surface area contributed by atoms with Crippen molar-refractivity contribution in [2.24, 2.45) is 0 Å². The minimum Gasteiger partial charge on any atom is -0.473 e. The Labute approximate surface area is 104 Å². The maximum atomic E-state index is 10.9. The van der Waals surface area contributed by atoms with Crippen LogP contribution in [0.3, 0.4) is 0 Å². The summed E-state index contributed by atoms with van der Waals surface area (Å²) in [4.78, 5) is 14.5. The second kappa shape index (κ2) is 5.27. The molecule has 0 aliphatic heterocycles. The topological polar surface area (TPSA) is 65.3 Å². The van der Waals surface area contributed by atoms with Crippen molar-refractivity contribution in [1.29, 1.82) is 0 Å². The molecular formula is C13H12N2O3. The molecule has 2 aromatic rings. The van der Waals surface area contributed by atoms with Crippen LogP contribution in [0.4, 0.5) is 5.69 Å². The Morgan fingerprint density at radius 3 is 2.78 bits per heavy atom. The van der Waals surface area contributed by atoms with Crippen molar-refractivity contribution in [3.8, 4) is 5.88 Å². The molecule has 1 aromatic carbocycles. The number of aryl methyl sites for hydroxylation is 1. The lowest BCUT2D eigenvalue weighted by atomic mass is 10.1. The third-order valence-electron chi connectivity index (χ3n) is 2.58. The van der Waals surface area contributed by atoms with Crippen LogP contribution in [0.5, 0.6) is 5.88 Å². The van der Waals surface area contributed by atoms with Crippen LogP contribution in [-0.4, -0.2) is 9.91 Å². The first-order valence-electron chi connectivity index (χ1n) is 5.45. The van der Waals surface area contributed by atoms with Gasteiger partial charge in [-0.2, -0.15) is 0 Å². The average Bonchev–Trinajstić information content (AvgIpc) is 2.38. The highest BCUT2D eigenvalue weighted by Crippen LogP contribution is 2.23. The van der Waals surface area contributed by atoms with Gasteiger partial charge in [0, 0.05) is 18.3 Å². The van der Waals surface area contributed by atoms with Crippen LogP contribution in [0, 0.1) is 17.0 Å². The standard InChI is InChI=1S/C13H12N2O3/c1-10-5-4-6-12(15(16)17)11(10)9-18-13-7-2-3-8-14-13/h2-8H,9H2,1H3. The SMILES string of the molecule is Cc1cccc([N+](=O)[O-])c1COc1ccccn1. The molecule has 0 N–H and O–H groups in total. The summed E-state index contributed by atoms with van der Waals surface area (Å²) in [5.41, 5.74) is 1.49. The van der Waals surface area contributed by atoms with E-state index in [1.807, 2.05) is 13.0 Å². The van der Waals surface area contributed by atoms with Gasteiger partial charge in [0.25, 0.3) is 5.69 Å². The molecule has 0 radical (unpaired) electrons. The molecule has 0 amide bonds. The predicted octanol–water partition coefficient (Wildman–Crippen LogP) is 2.88. The van der Waals surface area contributed by atoms with Gasteiger partial charge in [-0.05, 0) is 18.6 Å². The van der Waals surface area contributed by atoms with Crippen LogP contribution in [0.2, 0.25) is 0 Å². The first kappa shape index (κ1) is 12.0. The zero-order chi connectivity index (χ0) is 13.0. The summed E-state index contributed by atoms with van der Waals surface area (Å²) < 4.78 is 5.45. The monoisotopic (exact) mass is 244 g/mol. The van der Waals surface area contributed by atoms with Crippen molar-refractivity contribution >= 4 is 5.69 Å². The average molecular weight is 244 g/mol. The molecule has 0 saturated heterocycles. The van der Waals surface area contributed by atoms with E-state index in [2.05, 4.69) is 4.98 Å². The van der Waals surface area contributed by atoms with Gasteiger partial charge in [0.2, 0.25) is 5.88 Å². The van der Waals surface area contributed by atoms with E-state index in [-0.39, 0.29) is 12.3 Å². The van der Waals surface area contributed by atoms with Gasteiger partial charge in [-0.3, -0.25) is 10.1 Å². The number of hydrogen-bond donors (Lipinski definition) is 0. The van der Waals surface area contributed by atoms with Crippen LogP contribution in [0.15, 0.2) is 42.6 Å². The van der Waals surface area contributed by atoms with Gasteiger partial charge in [-0.1, -0.05) is 18.2 Å². The van der Waals surface area contributed by atoms with Gasteiger partial charge in [0.1, 0.15) is 6.61 Å². The first-order chi connectivity index (χ1) is 8.68. The normalized spacial score (nSPS) is 10.1. The van der Waals surface area contributed by atoms with Crippen LogP contribution >= 0.6 is 0 Å². The van der Waals surface area contributed by atoms with Gasteiger partial charge in [-0.25, -0.2) is 4.98 Å². The fraction of sp³-hybridized carbons (Fsp3) is 0.154. The summed E-state index contributed by atoms with van der Waals surface area (Å²) >= 11 is 0. The van der Waals surface area contributed by atoms with Crippen molar-refractivity contribution in [2.75, 3.05) is 0 Å². The summed E-state index contributed by atoms with van der Waals surface area (Å²) in [6, 6.07) is 10.3. The Morgan fingerprint density at radius 1 is 1.28 bits per heavy atom. The molecule has 0 bridgehead atoms. The summed E-state index contributed by atoms with van der Waals surface area (Å²) in [5.74, 6) is 0.454. The molecular weight excluding hydrogens is 232 g/mol. The Kier molecular flexibility index (Phi) is 3.52. The Balaban J connectivity index is 2.21. The van der Waals surface area contributed by atoms with E-state index in [1.54, 1.807) is 30.5 Å². The third kappa shape index (κ3) is 2.63. The molecule has 2 rings (SSSR count). The lowest BCUT2D eigenvalue weighted by Gasteiger charge is -2.08. The van der Waals surface area contributed by atoms with Crippen molar-refractivity contribution < 1.29 is 9.66 Å². The minimum absolute atomic E-state index is 0.0749. The number of ether oxygens (including phenoxy) is 1. The highest BCUT2D eigenvalue weighted by atomic mass is 16.6. The fourth-order valence-corrected chi connectivity index (χ4v) is 1.62. The summed E-state index contributed by atoms with van der Waals surface area (Å²) in [6.07, 6.45) is 1.61. The maximum Gasteiger partial charge on any atom is 0.276 e. The number of pyridine rings is 1. The van der Waals surface area contributed by atoms with E-state index in [0.29, 0.717) is 11.4 Å². The molecule has 0 atom stereocenters. The zero-order valence-corrected chi connectivity index (χ0v) is 9.87. The molecule has 5 nitrogen and oxygen atoms in total. The van der Waals surface area contributed by atoms with Crippen LogP contribution in [0.25, 0.3) is 0 Å². The number of rotatable bonds is 4. The van der Waals surface area contributed by atoms with Crippen molar-refractivity contribution in [2.45, 2.75) is 13.5 Å². The Hall–Kier alpha value is -2.43. The molecule has 0 spiro atoms. The summed E-state index contributed by atoms with van der Waals surface area (Å²) in [7, 11) is 0. The van der Waals surface area contributed by atoms with Crippen molar-refractivity contribution in [3.05, 3.63) is 63.8 Å². The largest absolute Gasteiger partial charge is 0.473 e. The number of benzene rings is 1. The van der Waals surface area contributed by atoms with Gasteiger partial charge in [-0.15, -0.1) is 0 Å². The van der Waals surface area contributed by atoms with Crippen LogP contribution in [-0.2, 0) is 6.61 Å². The number of aromatic nitrogens is 1. The quantitative estimate of drug-likeness (QED) is 0.612. The lowest BCUT2D eigenvalue weighted by molar-refractivity contribution is -0.385. The number of hydrogen-bond acceptors (Lipinski definition) is 4. The van der Waals surface area contributed by atoms with E-state index in [9.17, 15) is 10.1 Å². The van der Waals surface area contributed by atoms with Gasteiger partial charge < -0.3 is 4.74 Å². The van der Waals surface area contributed by atoms with Gasteiger partial charge in [0.15, 0.2) is 0 Å². The highest BCUT2D eigenvalue weighted by Gasteiger charge is 2.15. The van der Waals surface area contributed by atoms with Crippen LogP contribution < -0.4 is 4.74 Å². The molecule has 1 aromatic heterocycles. The molecule has 18 heavy (non-hydrogen) atoms. The molecule has 0 aliphatic carbocycles. The second-order valence-electron chi connectivity index (χ2n) is 3.79. The van der Waals surface area contributed by atoms with Gasteiger partial charge >= 0.3 is 0 Å². The van der Waals surface area contributed by atoms with Gasteiger partial charge in [0.05, 0.1) is 10.5 Å². The molecule has 0 unspecified atom stereocenters. The number of nitro benzene ring substituents is 1. The minimum atomic E-state index is -0.399. The zero-order valence-electron chi connectivity index (χ0n) is 9.87. The van der Waals surface area contributed by atoms with E-state index in [0.717, 1.165) is 5.56 Å². The van der Waals surface area contributed by atoms with E-state index in [1.165, 1.54) is 6.07 Å². The lowest BCUT2D eigenvalue weighted by Crippen LogP contribution is -2.03. The summed E-state index contributed by atoms with van der Waals surface area (Å²) in [5, 5.41) is 10.9. The van der Waals surface area contributed by atoms with Crippen molar-refractivity contribution in [3.63, 3.8) is 0 Å². The van der Waals surface area contributed by atoms with E-state index >= 15 is 0 Å². The molecule has 0 aliphatic rings. The smallest absolute Gasteiger partial charge is 0.276 e. The fourth-order valence-electron chi connectivity index (χ4n) is 1.62. The first-order valence-corrected chi connectivity index (χ1v) is 5.45. The van der Waals surface area contributed by atoms with Crippen molar-refractivity contribution in [1.82, 2.24) is 4.98 Å². The predicted molar refractivity (Wildman–Crippen MR) is 66.4 cm³/mol. The van der Waals surface area contributed by atoms with E-state index < -0.39 is 4.92 Å². The Morgan fingerprint density at radius 2 is 2.11 bits per heavy atom. The molecule has 92 valence electrons. The third-order valence-corrected chi connectivity index (χ3v) is 2.58. The molecule has 0 fully saturated rings.